The zero-order chi connectivity index (χ0) is 13.6. The Kier molecular flexibility index (Phi) is 2.90. The molecule has 3 rings (SSSR count). The molecule has 1 aromatic heterocycles. The third-order valence-corrected chi connectivity index (χ3v) is 4.94. The SMILES string of the molecule is Cc1c(C2(CN)CCCC2)c2cccc(F)c2n1C. The number of aryl methyl sites for hydroxylation is 1. The molecule has 0 spiro atoms. The first-order valence-electron chi connectivity index (χ1n) is 7.05. The predicted molar refractivity (Wildman–Crippen MR) is 76.8 cm³/mol. The molecule has 1 saturated carbocycles. The van der Waals surface area contributed by atoms with Crippen molar-refractivity contribution in [1.29, 1.82) is 0 Å². The van der Waals surface area contributed by atoms with Gasteiger partial charge in [-0.2, -0.15) is 0 Å². The van der Waals surface area contributed by atoms with E-state index >= 15 is 0 Å². The highest BCUT2D eigenvalue weighted by atomic mass is 19.1. The van der Waals surface area contributed by atoms with Crippen molar-refractivity contribution in [3.05, 3.63) is 35.3 Å². The molecular weight excluding hydrogens is 239 g/mol. The highest BCUT2D eigenvalue weighted by molar-refractivity contribution is 5.87. The van der Waals surface area contributed by atoms with Gasteiger partial charge in [0.2, 0.25) is 0 Å². The summed E-state index contributed by atoms with van der Waals surface area (Å²) in [5.74, 6) is -0.139. The van der Waals surface area contributed by atoms with Crippen LogP contribution in [-0.4, -0.2) is 11.1 Å². The van der Waals surface area contributed by atoms with Gasteiger partial charge in [-0.15, -0.1) is 0 Å². The van der Waals surface area contributed by atoms with E-state index < -0.39 is 0 Å². The molecule has 1 aromatic carbocycles. The zero-order valence-electron chi connectivity index (χ0n) is 11.7. The Labute approximate surface area is 113 Å². The van der Waals surface area contributed by atoms with Gasteiger partial charge in [0.15, 0.2) is 0 Å². The van der Waals surface area contributed by atoms with Crippen molar-refractivity contribution in [1.82, 2.24) is 4.57 Å². The minimum absolute atomic E-state index is 0.0530. The molecule has 1 heterocycles. The van der Waals surface area contributed by atoms with Crippen LogP contribution in [0.2, 0.25) is 0 Å². The number of hydrogen-bond donors (Lipinski definition) is 1. The molecule has 0 bridgehead atoms. The number of halogens is 1. The molecule has 0 radical (unpaired) electrons. The molecule has 0 aliphatic heterocycles. The second-order valence-corrected chi connectivity index (χ2v) is 5.85. The van der Waals surface area contributed by atoms with Gasteiger partial charge in [-0.05, 0) is 31.4 Å². The summed E-state index contributed by atoms with van der Waals surface area (Å²) in [4.78, 5) is 0. The van der Waals surface area contributed by atoms with Crippen LogP contribution in [0.3, 0.4) is 0 Å². The molecule has 0 unspecified atom stereocenters. The molecule has 0 saturated heterocycles. The van der Waals surface area contributed by atoms with E-state index in [4.69, 9.17) is 5.73 Å². The molecule has 2 N–H and O–H groups in total. The van der Waals surface area contributed by atoms with E-state index in [-0.39, 0.29) is 11.2 Å². The second-order valence-electron chi connectivity index (χ2n) is 5.85. The highest BCUT2D eigenvalue weighted by Gasteiger charge is 2.38. The van der Waals surface area contributed by atoms with Crippen LogP contribution in [0.25, 0.3) is 10.9 Å². The molecule has 102 valence electrons. The number of nitrogens with two attached hydrogens (primary N) is 1. The van der Waals surface area contributed by atoms with Crippen molar-refractivity contribution in [2.24, 2.45) is 12.8 Å². The monoisotopic (exact) mass is 260 g/mol. The smallest absolute Gasteiger partial charge is 0.147 e. The highest BCUT2D eigenvalue weighted by Crippen LogP contribution is 2.45. The Bertz CT molecular complexity index is 621. The lowest BCUT2D eigenvalue weighted by Crippen LogP contribution is -2.32. The van der Waals surface area contributed by atoms with Crippen LogP contribution in [0.5, 0.6) is 0 Å². The first-order chi connectivity index (χ1) is 9.10. The van der Waals surface area contributed by atoms with E-state index in [0.29, 0.717) is 6.54 Å². The van der Waals surface area contributed by atoms with E-state index in [9.17, 15) is 4.39 Å². The van der Waals surface area contributed by atoms with Gasteiger partial charge in [-0.3, -0.25) is 0 Å². The fourth-order valence-corrected chi connectivity index (χ4v) is 3.87. The maximum Gasteiger partial charge on any atom is 0.147 e. The number of fused-ring (bicyclic) bond motifs is 1. The lowest BCUT2D eigenvalue weighted by Gasteiger charge is -2.28. The summed E-state index contributed by atoms with van der Waals surface area (Å²) in [7, 11) is 1.95. The Morgan fingerprint density at radius 2 is 2.00 bits per heavy atom. The van der Waals surface area contributed by atoms with Crippen molar-refractivity contribution in [3.63, 3.8) is 0 Å². The van der Waals surface area contributed by atoms with Crippen LogP contribution in [0, 0.1) is 12.7 Å². The Morgan fingerprint density at radius 3 is 2.63 bits per heavy atom. The quantitative estimate of drug-likeness (QED) is 0.881. The first kappa shape index (κ1) is 12.7. The molecule has 1 aliphatic carbocycles. The van der Waals surface area contributed by atoms with Crippen molar-refractivity contribution in [3.8, 4) is 0 Å². The summed E-state index contributed by atoms with van der Waals surface area (Å²) < 4.78 is 16.1. The van der Waals surface area contributed by atoms with Crippen molar-refractivity contribution < 1.29 is 4.39 Å². The van der Waals surface area contributed by atoms with Gasteiger partial charge in [0.1, 0.15) is 5.82 Å². The molecular formula is C16H21FN2. The molecule has 1 aliphatic rings. The van der Waals surface area contributed by atoms with Gasteiger partial charge >= 0.3 is 0 Å². The zero-order valence-corrected chi connectivity index (χ0v) is 11.7. The van der Waals surface area contributed by atoms with E-state index in [2.05, 4.69) is 6.92 Å². The lowest BCUT2D eigenvalue weighted by atomic mass is 9.77. The number of nitrogens with zero attached hydrogens (tertiary/aromatic N) is 1. The average Bonchev–Trinajstić information content (AvgIpc) is 2.96. The molecule has 2 aromatic rings. The van der Waals surface area contributed by atoms with E-state index in [1.807, 2.05) is 17.7 Å². The number of rotatable bonds is 2. The molecule has 0 atom stereocenters. The van der Waals surface area contributed by atoms with Crippen molar-refractivity contribution in [2.45, 2.75) is 38.0 Å². The third-order valence-electron chi connectivity index (χ3n) is 4.94. The van der Waals surface area contributed by atoms with E-state index in [1.54, 1.807) is 6.07 Å². The molecule has 1 fully saturated rings. The molecule has 19 heavy (non-hydrogen) atoms. The minimum Gasteiger partial charge on any atom is -0.345 e. The fourth-order valence-electron chi connectivity index (χ4n) is 3.87. The van der Waals surface area contributed by atoms with Gasteiger partial charge in [0, 0.05) is 30.1 Å². The summed E-state index contributed by atoms with van der Waals surface area (Å²) in [6, 6.07) is 5.38. The summed E-state index contributed by atoms with van der Waals surface area (Å²) in [5, 5.41) is 1.05. The van der Waals surface area contributed by atoms with Gasteiger partial charge in [0.05, 0.1) is 5.52 Å². The van der Waals surface area contributed by atoms with Crippen molar-refractivity contribution in [2.75, 3.05) is 6.54 Å². The molecule has 3 heteroatoms. The standard InChI is InChI=1S/C16H21FN2/c1-11-14(16(10-18)8-3-4-9-16)12-6-5-7-13(17)15(12)19(11)2/h5-7H,3-4,8-10,18H2,1-2H3. The molecule has 2 nitrogen and oxygen atoms in total. The van der Waals surface area contributed by atoms with Crippen LogP contribution in [-0.2, 0) is 12.5 Å². The second kappa shape index (κ2) is 4.34. The predicted octanol–water partition coefficient (Wildman–Crippen LogP) is 3.40. The lowest BCUT2D eigenvalue weighted by molar-refractivity contribution is 0.453. The van der Waals surface area contributed by atoms with Crippen LogP contribution in [0.15, 0.2) is 18.2 Å². The van der Waals surface area contributed by atoms with Crippen LogP contribution in [0.4, 0.5) is 4.39 Å². The van der Waals surface area contributed by atoms with E-state index in [1.165, 1.54) is 24.5 Å². The fraction of sp³-hybridized carbons (Fsp3) is 0.500. The summed E-state index contributed by atoms with van der Waals surface area (Å²) in [6.45, 7) is 2.74. The van der Waals surface area contributed by atoms with Gasteiger partial charge in [-0.25, -0.2) is 4.39 Å². The summed E-state index contributed by atoms with van der Waals surface area (Å²) in [6.07, 6.45) is 4.70. The van der Waals surface area contributed by atoms with Gasteiger partial charge in [-0.1, -0.05) is 25.0 Å². The van der Waals surface area contributed by atoms with Crippen molar-refractivity contribution >= 4 is 10.9 Å². The third kappa shape index (κ3) is 1.64. The van der Waals surface area contributed by atoms with Gasteiger partial charge in [0.25, 0.3) is 0 Å². The van der Waals surface area contributed by atoms with E-state index in [0.717, 1.165) is 29.4 Å². The maximum atomic E-state index is 14.1. The average molecular weight is 260 g/mol. The topological polar surface area (TPSA) is 30.9 Å². The van der Waals surface area contributed by atoms with Crippen LogP contribution < -0.4 is 5.73 Å². The minimum atomic E-state index is -0.139. The van der Waals surface area contributed by atoms with Crippen LogP contribution >= 0.6 is 0 Å². The number of para-hydroxylation sites is 1. The molecule has 0 amide bonds. The number of benzene rings is 1. The van der Waals surface area contributed by atoms with Crippen LogP contribution in [0.1, 0.15) is 36.9 Å². The Morgan fingerprint density at radius 1 is 1.32 bits per heavy atom. The number of aromatic nitrogens is 1. The first-order valence-corrected chi connectivity index (χ1v) is 7.05. The number of hydrogen-bond acceptors (Lipinski definition) is 1. The largest absolute Gasteiger partial charge is 0.345 e. The normalized spacial score (nSPS) is 18.3. The van der Waals surface area contributed by atoms with Gasteiger partial charge < -0.3 is 10.3 Å². The summed E-state index contributed by atoms with van der Waals surface area (Å²) in [5.41, 5.74) is 9.32. The summed E-state index contributed by atoms with van der Waals surface area (Å²) >= 11 is 0. The Balaban J connectivity index is 2.35. The Hall–Kier alpha value is -1.35. The maximum absolute atomic E-state index is 14.1.